The number of fused-ring (bicyclic) bond motifs is 6. The summed E-state index contributed by atoms with van der Waals surface area (Å²) in [6.45, 7) is 0. The van der Waals surface area contributed by atoms with Crippen molar-refractivity contribution in [1.29, 1.82) is 0 Å². The van der Waals surface area contributed by atoms with Gasteiger partial charge in [-0.15, -0.1) is 0 Å². The maximum Gasteiger partial charge on any atom is 0.339 e. The van der Waals surface area contributed by atoms with Gasteiger partial charge in [-0.05, 0) is 30.4 Å². The Morgan fingerprint density at radius 1 is 0.966 bits per heavy atom. The van der Waals surface area contributed by atoms with Crippen molar-refractivity contribution in [3.63, 3.8) is 0 Å². The number of rotatable bonds is 2. The van der Waals surface area contributed by atoms with Gasteiger partial charge in [0.15, 0.2) is 5.60 Å². The Morgan fingerprint density at radius 3 is 2.52 bits per heavy atom. The number of esters is 1. The van der Waals surface area contributed by atoms with Crippen LogP contribution >= 0.6 is 0 Å². The summed E-state index contributed by atoms with van der Waals surface area (Å²) >= 11 is 0. The van der Waals surface area contributed by atoms with Gasteiger partial charge in [-0.1, -0.05) is 24.3 Å². The van der Waals surface area contributed by atoms with E-state index in [-0.39, 0.29) is 18.0 Å². The normalized spacial score (nSPS) is 26.1. The molecule has 3 aliphatic rings. The highest BCUT2D eigenvalue weighted by molar-refractivity contribution is 5.96. The Morgan fingerprint density at radius 2 is 1.76 bits per heavy atom. The lowest BCUT2D eigenvalue weighted by Gasteiger charge is -2.45. The topological polar surface area (TPSA) is 42.0 Å². The van der Waals surface area contributed by atoms with Gasteiger partial charge in [0, 0.05) is 56.8 Å². The molecule has 0 bridgehead atoms. The summed E-state index contributed by atoms with van der Waals surface area (Å²) in [5.74, 6) is 0.336. The third-order valence-corrected chi connectivity index (χ3v) is 6.09. The first kappa shape index (κ1) is 17.9. The lowest BCUT2D eigenvalue weighted by Crippen LogP contribution is -2.48. The molecule has 0 radical (unpaired) electrons. The van der Waals surface area contributed by atoms with E-state index in [4.69, 9.17) is 9.47 Å². The molecule has 148 valence electrons. The quantitative estimate of drug-likeness (QED) is 0.736. The molecule has 2 aliphatic heterocycles. The Bertz CT molecular complexity index is 1070. The summed E-state index contributed by atoms with van der Waals surface area (Å²) in [5.41, 5.74) is 3.67. The zero-order valence-corrected chi connectivity index (χ0v) is 17.0. The van der Waals surface area contributed by atoms with Crippen molar-refractivity contribution in [3.05, 3.63) is 83.1 Å². The zero-order chi connectivity index (χ0) is 20.3. The van der Waals surface area contributed by atoms with E-state index in [0.717, 1.165) is 28.3 Å². The summed E-state index contributed by atoms with van der Waals surface area (Å²) in [6.07, 6.45) is 6.09. The zero-order valence-electron chi connectivity index (χ0n) is 17.0. The Hall–Kier alpha value is -3.21. The van der Waals surface area contributed by atoms with Crippen LogP contribution in [0.1, 0.15) is 21.5 Å². The van der Waals surface area contributed by atoms with Crippen LogP contribution in [0.25, 0.3) is 0 Å². The molecule has 2 heterocycles. The minimum absolute atomic E-state index is 0.142. The molecule has 0 saturated carbocycles. The summed E-state index contributed by atoms with van der Waals surface area (Å²) in [6, 6.07) is 13.8. The molecule has 0 fully saturated rings. The summed E-state index contributed by atoms with van der Waals surface area (Å²) < 4.78 is 12.7. The van der Waals surface area contributed by atoms with Gasteiger partial charge in [-0.2, -0.15) is 0 Å². The molecule has 0 saturated heterocycles. The van der Waals surface area contributed by atoms with Crippen LogP contribution in [0.3, 0.4) is 0 Å². The molecule has 1 aliphatic carbocycles. The second kappa shape index (κ2) is 6.14. The lowest BCUT2D eigenvalue weighted by atomic mass is 9.70. The molecule has 2 aromatic carbocycles. The highest BCUT2D eigenvalue weighted by atomic mass is 16.6. The highest BCUT2D eigenvalue weighted by Crippen LogP contribution is 2.56. The number of hydrogen-bond acceptors (Lipinski definition) is 5. The van der Waals surface area contributed by atoms with Crippen LogP contribution in [0.4, 0.5) is 5.69 Å². The van der Waals surface area contributed by atoms with Crippen molar-refractivity contribution in [2.24, 2.45) is 5.92 Å². The van der Waals surface area contributed by atoms with Crippen LogP contribution < -0.4 is 9.64 Å². The van der Waals surface area contributed by atoms with E-state index in [1.165, 1.54) is 0 Å². The smallest absolute Gasteiger partial charge is 0.339 e. The van der Waals surface area contributed by atoms with Crippen molar-refractivity contribution in [1.82, 2.24) is 4.90 Å². The molecule has 3 atom stereocenters. The fourth-order valence-corrected chi connectivity index (χ4v) is 4.62. The van der Waals surface area contributed by atoms with Gasteiger partial charge in [0.25, 0.3) is 0 Å². The number of likely N-dealkylation sites (N-methyl/N-ethyl adjacent to an activating group) is 1. The number of carbonyl (C=O) groups excluding carboxylic acids is 1. The molecule has 29 heavy (non-hydrogen) atoms. The van der Waals surface area contributed by atoms with Gasteiger partial charge in [-0.3, -0.25) is 0 Å². The molecule has 5 heteroatoms. The van der Waals surface area contributed by atoms with Gasteiger partial charge >= 0.3 is 5.97 Å². The fourth-order valence-electron chi connectivity index (χ4n) is 4.62. The lowest BCUT2D eigenvalue weighted by molar-refractivity contribution is -0.0420. The first-order chi connectivity index (χ1) is 13.9. The maximum atomic E-state index is 12.9. The Balaban J connectivity index is 1.76. The average molecular weight is 388 g/mol. The third kappa shape index (κ3) is 2.43. The average Bonchev–Trinajstić information content (AvgIpc) is 3.01. The van der Waals surface area contributed by atoms with E-state index >= 15 is 0 Å². The predicted molar refractivity (Wildman–Crippen MR) is 112 cm³/mol. The number of ether oxygens (including phenoxy) is 2. The SMILES string of the molecule is CN(C)C1=CC2Oc3cc(N(C)C)ccc3C3(OC(=O)c4ccccc43)C2C=C1. The van der Waals surface area contributed by atoms with Gasteiger partial charge in [0.1, 0.15) is 11.9 Å². The molecule has 5 nitrogen and oxygen atoms in total. The molecular weight excluding hydrogens is 364 g/mol. The second-order valence-corrected chi connectivity index (χ2v) is 8.20. The van der Waals surface area contributed by atoms with Gasteiger partial charge < -0.3 is 19.3 Å². The van der Waals surface area contributed by atoms with Crippen molar-refractivity contribution in [3.8, 4) is 5.75 Å². The Kier molecular flexibility index (Phi) is 3.78. The van der Waals surface area contributed by atoms with Crippen LogP contribution in [-0.2, 0) is 10.3 Å². The number of allylic oxidation sites excluding steroid dienone is 1. The third-order valence-electron chi connectivity index (χ3n) is 6.09. The molecule has 0 N–H and O–H groups in total. The summed E-state index contributed by atoms with van der Waals surface area (Å²) in [5, 5.41) is 0. The van der Waals surface area contributed by atoms with E-state index in [0.29, 0.717) is 5.56 Å². The van der Waals surface area contributed by atoms with Crippen molar-refractivity contribution in [2.45, 2.75) is 11.7 Å². The van der Waals surface area contributed by atoms with Crippen LogP contribution in [0, 0.1) is 5.92 Å². The molecule has 3 unspecified atom stereocenters. The number of anilines is 1. The molecular formula is C24H24N2O3. The van der Waals surface area contributed by atoms with E-state index < -0.39 is 5.60 Å². The molecule has 0 aromatic heterocycles. The van der Waals surface area contributed by atoms with E-state index in [1.54, 1.807) is 0 Å². The Labute approximate surface area is 170 Å². The fraction of sp³-hybridized carbons (Fsp3) is 0.292. The minimum atomic E-state index is -0.887. The molecule has 2 aromatic rings. The van der Waals surface area contributed by atoms with E-state index in [2.05, 4.69) is 23.1 Å². The van der Waals surface area contributed by atoms with Crippen LogP contribution in [0.5, 0.6) is 5.75 Å². The first-order valence-electron chi connectivity index (χ1n) is 9.80. The molecule has 0 amide bonds. The summed E-state index contributed by atoms with van der Waals surface area (Å²) in [7, 11) is 8.03. The molecule has 1 spiro atoms. The van der Waals surface area contributed by atoms with Crippen LogP contribution in [0.2, 0.25) is 0 Å². The predicted octanol–water partition coefficient (Wildman–Crippen LogP) is 3.56. The van der Waals surface area contributed by atoms with Crippen molar-refractivity contribution < 1.29 is 14.3 Å². The number of carbonyl (C=O) groups is 1. The highest BCUT2D eigenvalue weighted by Gasteiger charge is 2.58. The first-order valence-corrected chi connectivity index (χ1v) is 9.80. The minimum Gasteiger partial charge on any atom is -0.485 e. The number of benzene rings is 2. The number of hydrogen-bond donors (Lipinski definition) is 0. The van der Waals surface area contributed by atoms with E-state index in [1.807, 2.05) is 75.6 Å². The van der Waals surface area contributed by atoms with Crippen LogP contribution in [0.15, 0.2) is 66.4 Å². The van der Waals surface area contributed by atoms with Gasteiger partial charge in [0.2, 0.25) is 0 Å². The van der Waals surface area contributed by atoms with Crippen LogP contribution in [-0.4, -0.2) is 45.2 Å². The number of nitrogens with zero attached hydrogens (tertiary/aromatic N) is 2. The van der Waals surface area contributed by atoms with Gasteiger partial charge in [-0.25, -0.2) is 4.79 Å². The summed E-state index contributed by atoms with van der Waals surface area (Å²) in [4.78, 5) is 17.0. The van der Waals surface area contributed by atoms with Crippen molar-refractivity contribution in [2.75, 3.05) is 33.1 Å². The molecule has 5 rings (SSSR count). The van der Waals surface area contributed by atoms with Crippen molar-refractivity contribution >= 4 is 11.7 Å². The van der Waals surface area contributed by atoms with Gasteiger partial charge in [0.05, 0.1) is 11.5 Å². The maximum absolute atomic E-state index is 12.9. The van der Waals surface area contributed by atoms with E-state index in [9.17, 15) is 4.79 Å². The standard InChI is InChI=1S/C24H24N2O3/c1-25(2)15-9-11-19-21(13-15)28-22-14-16(26(3)4)10-12-20(22)24(19)18-8-6-5-7-17(18)23(27)29-24/h5-14,19,21H,1-4H3. The second-order valence-electron chi connectivity index (χ2n) is 8.20. The largest absolute Gasteiger partial charge is 0.485 e. The monoisotopic (exact) mass is 388 g/mol.